The van der Waals surface area contributed by atoms with Crippen LogP contribution in [0.2, 0.25) is 0 Å². The maximum Gasteiger partial charge on any atom is 0.177 e. The number of carbonyl (C=O) groups excluding carboxylic acids is 1. The van der Waals surface area contributed by atoms with Gasteiger partial charge in [-0.05, 0) is 25.7 Å². The molecule has 0 aromatic carbocycles. The third kappa shape index (κ3) is 14.1. The van der Waals surface area contributed by atoms with Crippen LogP contribution in [0.5, 0.6) is 0 Å². The van der Waals surface area contributed by atoms with Crippen molar-refractivity contribution < 1.29 is 13.9 Å². The second-order valence-corrected chi connectivity index (χ2v) is 8.27. The van der Waals surface area contributed by atoms with E-state index in [1.54, 1.807) is 12.4 Å². The van der Waals surface area contributed by atoms with Crippen LogP contribution < -0.4 is 5.73 Å². The Bertz CT molecular complexity index is 765. The molecule has 0 radical (unpaired) electrons. The van der Waals surface area contributed by atoms with E-state index in [2.05, 4.69) is 28.6 Å². The van der Waals surface area contributed by atoms with E-state index < -0.39 is 0 Å². The first kappa shape index (κ1) is 28.4. The first-order valence-electron chi connectivity index (χ1n) is 10.1. The molecule has 2 saturated carbocycles. The molecule has 0 amide bonds. The highest BCUT2D eigenvalue weighted by molar-refractivity contribution is 6.00. The fraction of sp³-hybridized carbons (Fsp3) is 0.545. The molecule has 1 heterocycles. The number of amidine groups is 1. The zero-order valence-corrected chi connectivity index (χ0v) is 20.4. The minimum atomic E-state index is 0. The van der Waals surface area contributed by atoms with Crippen LogP contribution in [0.4, 0.5) is 0 Å². The molecule has 1 aromatic heterocycles. The molecule has 2 fully saturated rings. The summed E-state index contributed by atoms with van der Waals surface area (Å²) in [5, 5.41) is 6.79. The number of carbonyl (C=O) groups is 1. The first-order valence-corrected chi connectivity index (χ1v) is 10.1. The van der Waals surface area contributed by atoms with Crippen LogP contribution in [0.3, 0.4) is 0 Å². The maximum atomic E-state index is 10.2. The van der Waals surface area contributed by atoms with E-state index in [1.165, 1.54) is 18.4 Å². The van der Waals surface area contributed by atoms with Crippen LogP contribution in [0.1, 0.15) is 47.8 Å². The topological polar surface area (TPSA) is 102 Å². The lowest BCUT2D eigenvalue weighted by atomic mass is 10.3. The Morgan fingerprint density at radius 1 is 1.06 bits per heavy atom. The van der Waals surface area contributed by atoms with Crippen molar-refractivity contribution in [2.45, 2.75) is 31.6 Å². The second kappa shape index (κ2) is 14.4. The minimum absolute atomic E-state index is 0. The molecule has 9 heteroatoms. The average Bonchev–Trinajstić information content (AvgIpc) is 3.54. The Kier molecular flexibility index (Phi) is 13.2. The standard InChI is InChI=1S/C10H21N3.C8H8N2O.C4H8N2.ClH/c1-11(2)7-10(8-12(3)4)9-13(5)6;11-5-6-3-9-8(10-4-6)7-1-2-7;5-4(6)3-1-2-3;/h7-9H,1-6H3;3-5,7H,1-2H2;3H,1-2H2,(H3,5,6);1H/q+2;;;. The normalized spacial score (nSPS) is 13.5. The van der Waals surface area contributed by atoms with E-state index in [4.69, 9.17) is 11.1 Å². The van der Waals surface area contributed by atoms with Gasteiger partial charge >= 0.3 is 0 Å². The molecule has 1 aromatic rings. The van der Waals surface area contributed by atoms with Crippen molar-refractivity contribution >= 4 is 37.0 Å². The van der Waals surface area contributed by atoms with Crippen LogP contribution in [0, 0.1) is 11.3 Å². The van der Waals surface area contributed by atoms with Crippen molar-refractivity contribution in [3.8, 4) is 0 Å². The molecule has 0 atom stereocenters. The van der Waals surface area contributed by atoms with E-state index >= 15 is 0 Å². The van der Waals surface area contributed by atoms with Gasteiger partial charge in [-0.25, -0.2) is 19.1 Å². The number of nitrogens with two attached hydrogens (primary N) is 1. The SMILES string of the molecule is CN(C)C=C(C=[N+](C)C)C=[N+](C)C.Cl.N=C(N)C1CC1.O=Cc1cnc(C2CC2)nc1. The van der Waals surface area contributed by atoms with Crippen molar-refractivity contribution in [2.24, 2.45) is 11.7 Å². The molecule has 2 aliphatic rings. The van der Waals surface area contributed by atoms with Gasteiger partial charge in [0.25, 0.3) is 0 Å². The predicted molar refractivity (Wildman–Crippen MR) is 129 cm³/mol. The lowest BCUT2D eigenvalue weighted by molar-refractivity contribution is -0.462. The van der Waals surface area contributed by atoms with Gasteiger partial charge < -0.3 is 10.6 Å². The van der Waals surface area contributed by atoms with Gasteiger partial charge in [-0.15, -0.1) is 12.4 Å². The molecule has 0 saturated heterocycles. The molecule has 8 nitrogen and oxygen atoms in total. The van der Waals surface area contributed by atoms with Gasteiger partial charge in [0.05, 0.1) is 11.4 Å². The number of hydrogen-bond donors (Lipinski definition) is 2. The number of aromatic nitrogens is 2. The van der Waals surface area contributed by atoms with Gasteiger partial charge in [0, 0.05) is 44.5 Å². The van der Waals surface area contributed by atoms with Crippen molar-refractivity contribution in [3.63, 3.8) is 0 Å². The number of halogens is 1. The summed E-state index contributed by atoms with van der Waals surface area (Å²) in [4.78, 5) is 20.4. The van der Waals surface area contributed by atoms with Crippen LogP contribution in [-0.4, -0.2) is 90.9 Å². The third-order valence-corrected chi connectivity index (χ3v) is 4.01. The van der Waals surface area contributed by atoms with Gasteiger partial charge in [0.15, 0.2) is 18.7 Å². The second-order valence-electron chi connectivity index (χ2n) is 8.27. The Labute approximate surface area is 192 Å². The number of allylic oxidation sites excluding steroid dienone is 1. The third-order valence-electron chi connectivity index (χ3n) is 4.01. The molecular formula is C22H38ClN7O+2. The maximum absolute atomic E-state index is 10.2. The van der Waals surface area contributed by atoms with Crippen LogP contribution in [0.15, 0.2) is 24.2 Å². The summed E-state index contributed by atoms with van der Waals surface area (Å²) in [5.41, 5.74) is 6.81. The minimum Gasteiger partial charge on any atom is -0.387 e. The molecule has 0 bridgehead atoms. The molecule has 172 valence electrons. The number of nitrogens with zero attached hydrogens (tertiary/aromatic N) is 5. The van der Waals surface area contributed by atoms with Gasteiger partial charge in [-0.2, -0.15) is 0 Å². The van der Waals surface area contributed by atoms with Crippen molar-refractivity contribution in [3.05, 3.63) is 35.6 Å². The molecule has 0 aliphatic heterocycles. The highest BCUT2D eigenvalue weighted by atomic mass is 35.5. The largest absolute Gasteiger partial charge is 0.387 e. The summed E-state index contributed by atoms with van der Waals surface area (Å²) in [5.74, 6) is 2.28. The average molecular weight is 452 g/mol. The van der Waals surface area contributed by atoms with Crippen LogP contribution >= 0.6 is 12.4 Å². The van der Waals surface area contributed by atoms with Crippen LogP contribution in [0.25, 0.3) is 0 Å². The summed E-state index contributed by atoms with van der Waals surface area (Å²) >= 11 is 0. The summed E-state index contributed by atoms with van der Waals surface area (Å²) in [6, 6.07) is 0. The number of aldehydes is 1. The van der Waals surface area contributed by atoms with Crippen molar-refractivity contribution in [2.75, 3.05) is 42.3 Å². The number of rotatable bonds is 6. The van der Waals surface area contributed by atoms with Crippen molar-refractivity contribution in [1.29, 1.82) is 5.41 Å². The quantitative estimate of drug-likeness (QED) is 0.298. The lowest BCUT2D eigenvalue weighted by Crippen LogP contribution is -2.11. The molecule has 3 rings (SSSR count). The smallest absolute Gasteiger partial charge is 0.177 e. The molecule has 3 N–H and O–H groups in total. The molecule has 31 heavy (non-hydrogen) atoms. The van der Waals surface area contributed by atoms with E-state index in [0.29, 0.717) is 23.2 Å². The van der Waals surface area contributed by atoms with Gasteiger partial charge in [-0.3, -0.25) is 10.2 Å². The monoisotopic (exact) mass is 451 g/mol. The summed E-state index contributed by atoms with van der Waals surface area (Å²) in [6.45, 7) is 0. The summed E-state index contributed by atoms with van der Waals surface area (Å²) in [7, 11) is 12.1. The van der Waals surface area contributed by atoms with E-state index in [1.807, 2.05) is 56.3 Å². The molecule has 2 aliphatic carbocycles. The predicted octanol–water partition coefficient (Wildman–Crippen LogP) is 2.04. The van der Waals surface area contributed by atoms with Gasteiger partial charge in [0.1, 0.15) is 39.6 Å². The number of nitrogens with one attached hydrogen (secondary N) is 1. The van der Waals surface area contributed by atoms with E-state index in [-0.39, 0.29) is 12.4 Å². The number of hydrogen-bond acceptors (Lipinski definition) is 5. The highest BCUT2D eigenvalue weighted by Crippen LogP contribution is 2.37. The molecule has 0 unspecified atom stereocenters. The van der Waals surface area contributed by atoms with E-state index in [9.17, 15) is 4.79 Å². The molecular weight excluding hydrogens is 414 g/mol. The summed E-state index contributed by atoms with van der Waals surface area (Å²) in [6.07, 6.45) is 14.9. The zero-order chi connectivity index (χ0) is 22.7. The van der Waals surface area contributed by atoms with Crippen LogP contribution in [-0.2, 0) is 0 Å². The highest BCUT2D eigenvalue weighted by Gasteiger charge is 2.26. The first-order chi connectivity index (χ1) is 14.1. The Balaban J connectivity index is 0.000000452. The van der Waals surface area contributed by atoms with E-state index in [0.717, 1.165) is 25.0 Å². The fourth-order valence-electron chi connectivity index (χ4n) is 2.35. The zero-order valence-electron chi connectivity index (χ0n) is 19.6. The van der Waals surface area contributed by atoms with Gasteiger partial charge in [-0.1, -0.05) is 0 Å². The fourth-order valence-corrected chi connectivity index (χ4v) is 2.35. The molecule has 0 spiro atoms. The van der Waals surface area contributed by atoms with Crippen molar-refractivity contribution in [1.82, 2.24) is 14.9 Å². The Morgan fingerprint density at radius 2 is 1.55 bits per heavy atom. The lowest BCUT2D eigenvalue weighted by Gasteiger charge is -2.03. The Morgan fingerprint density at radius 3 is 1.81 bits per heavy atom. The van der Waals surface area contributed by atoms with Gasteiger partial charge in [0.2, 0.25) is 0 Å². The summed E-state index contributed by atoms with van der Waals surface area (Å²) < 4.78 is 4.07. The Hall–Kier alpha value is -2.61.